The molecule has 25 heavy (non-hydrogen) atoms. The third kappa shape index (κ3) is 4.97. The number of carbonyl (C=O) groups excluding carboxylic acids is 2. The minimum atomic E-state index is -0.0973. The van der Waals surface area contributed by atoms with E-state index in [1.807, 2.05) is 29.2 Å². The number of rotatable bonds is 6. The van der Waals surface area contributed by atoms with Gasteiger partial charge in [0.25, 0.3) is 0 Å². The first kappa shape index (κ1) is 17.8. The van der Waals surface area contributed by atoms with Crippen LogP contribution in [0.4, 0.5) is 4.79 Å². The number of nitrogens with zero attached hydrogens (tertiary/aromatic N) is 1. The molecule has 5 heteroatoms. The van der Waals surface area contributed by atoms with Gasteiger partial charge in [-0.3, -0.25) is 4.79 Å². The van der Waals surface area contributed by atoms with E-state index in [-0.39, 0.29) is 17.4 Å². The average Bonchev–Trinajstić information content (AvgIpc) is 3.22. The van der Waals surface area contributed by atoms with Crippen LogP contribution in [0, 0.1) is 5.41 Å². The average molecular weight is 343 g/mol. The van der Waals surface area contributed by atoms with Crippen molar-refractivity contribution in [3.8, 4) is 0 Å². The molecule has 2 aliphatic rings. The van der Waals surface area contributed by atoms with Crippen LogP contribution in [0.5, 0.6) is 0 Å². The Hall–Kier alpha value is -2.04. The number of benzene rings is 1. The summed E-state index contributed by atoms with van der Waals surface area (Å²) in [5.41, 5.74) is 2.47. The highest BCUT2D eigenvalue weighted by Crippen LogP contribution is 2.36. The van der Waals surface area contributed by atoms with E-state index in [0.717, 1.165) is 30.6 Å². The molecule has 1 aliphatic heterocycles. The fourth-order valence-corrected chi connectivity index (χ4v) is 3.80. The molecule has 1 aromatic rings. The second-order valence-corrected chi connectivity index (χ2v) is 7.79. The first-order valence-electron chi connectivity index (χ1n) is 9.41. The number of urea groups is 1. The molecule has 1 saturated carbocycles. The molecule has 2 fully saturated rings. The van der Waals surface area contributed by atoms with Crippen molar-refractivity contribution in [3.63, 3.8) is 0 Å². The number of amides is 3. The van der Waals surface area contributed by atoms with Gasteiger partial charge >= 0.3 is 6.03 Å². The normalized spacial score (nSPS) is 19.2. The van der Waals surface area contributed by atoms with Crippen LogP contribution in [0.15, 0.2) is 24.3 Å². The molecule has 0 bridgehead atoms. The maximum atomic E-state index is 12.0. The lowest BCUT2D eigenvalue weighted by Gasteiger charge is -2.23. The van der Waals surface area contributed by atoms with Gasteiger partial charge in [-0.15, -0.1) is 0 Å². The summed E-state index contributed by atoms with van der Waals surface area (Å²) >= 11 is 0. The first-order chi connectivity index (χ1) is 12.0. The summed E-state index contributed by atoms with van der Waals surface area (Å²) < 4.78 is 0. The number of likely N-dealkylation sites (tertiary alicyclic amines) is 1. The van der Waals surface area contributed by atoms with Gasteiger partial charge in [0.05, 0.1) is 0 Å². The van der Waals surface area contributed by atoms with Crippen LogP contribution in [0.3, 0.4) is 0 Å². The number of hydrogen-bond donors (Lipinski definition) is 2. The Morgan fingerprint density at radius 3 is 2.40 bits per heavy atom. The monoisotopic (exact) mass is 343 g/mol. The van der Waals surface area contributed by atoms with Crippen LogP contribution >= 0.6 is 0 Å². The Bertz CT molecular complexity index is 606. The van der Waals surface area contributed by atoms with Gasteiger partial charge in [0, 0.05) is 32.6 Å². The summed E-state index contributed by atoms with van der Waals surface area (Å²) in [5, 5.41) is 5.93. The van der Waals surface area contributed by atoms with Crippen molar-refractivity contribution in [1.29, 1.82) is 0 Å². The van der Waals surface area contributed by atoms with E-state index in [4.69, 9.17) is 0 Å². The van der Waals surface area contributed by atoms with Crippen LogP contribution in [-0.2, 0) is 17.9 Å². The highest BCUT2D eigenvalue weighted by molar-refractivity contribution is 5.78. The zero-order valence-corrected chi connectivity index (χ0v) is 15.1. The Morgan fingerprint density at radius 1 is 1.08 bits per heavy atom. The van der Waals surface area contributed by atoms with Gasteiger partial charge in [0.2, 0.25) is 5.91 Å². The summed E-state index contributed by atoms with van der Waals surface area (Å²) in [6, 6.07) is 8.03. The van der Waals surface area contributed by atoms with E-state index in [2.05, 4.69) is 17.6 Å². The van der Waals surface area contributed by atoms with Crippen LogP contribution < -0.4 is 10.6 Å². The lowest BCUT2D eigenvalue weighted by atomic mass is 9.89. The molecule has 136 valence electrons. The zero-order chi connectivity index (χ0) is 17.7. The van der Waals surface area contributed by atoms with E-state index < -0.39 is 0 Å². The van der Waals surface area contributed by atoms with E-state index in [0.29, 0.717) is 19.5 Å². The minimum Gasteiger partial charge on any atom is -0.338 e. The maximum absolute atomic E-state index is 12.0. The third-order valence-corrected chi connectivity index (χ3v) is 5.51. The molecule has 1 saturated heterocycles. The summed E-state index contributed by atoms with van der Waals surface area (Å²) in [4.78, 5) is 25.6. The van der Waals surface area contributed by atoms with Crippen molar-refractivity contribution in [2.45, 2.75) is 58.5 Å². The van der Waals surface area contributed by atoms with Crippen LogP contribution in [-0.4, -0.2) is 29.9 Å². The Kier molecular flexibility index (Phi) is 5.61. The summed E-state index contributed by atoms with van der Waals surface area (Å²) in [6.07, 6.45) is 6.60. The molecular weight excluding hydrogens is 314 g/mol. The molecule has 0 atom stereocenters. The van der Waals surface area contributed by atoms with Crippen molar-refractivity contribution in [2.75, 3.05) is 13.1 Å². The quantitative estimate of drug-likeness (QED) is 0.833. The highest BCUT2D eigenvalue weighted by atomic mass is 16.2. The molecule has 1 aromatic carbocycles. The first-order valence-corrected chi connectivity index (χ1v) is 9.41. The lowest BCUT2D eigenvalue weighted by Crippen LogP contribution is -2.40. The molecular formula is C20H29N3O2. The fourth-order valence-electron chi connectivity index (χ4n) is 3.80. The molecule has 0 spiro atoms. The molecule has 3 rings (SSSR count). The SMILES string of the molecule is CC1(CNC(=O)NCc2ccc(CN3CCCC3=O)cc2)CCCC1. The fraction of sp³-hybridized carbons (Fsp3) is 0.600. The standard InChI is InChI=1S/C20H29N3O2/c1-20(10-2-3-11-20)15-22-19(25)21-13-16-6-8-17(9-7-16)14-23-12-4-5-18(23)24/h6-9H,2-5,10-15H2,1H3,(H2,21,22,25). The van der Waals surface area contributed by atoms with E-state index in [1.54, 1.807) is 0 Å². The lowest BCUT2D eigenvalue weighted by molar-refractivity contribution is -0.128. The van der Waals surface area contributed by atoms with E-state index in [9.17, 15) is 9.59 Å². The molecule has 3 amide bonds. The molecule has 1 aliphatic carbocycles. The minimum absolute atomic E-state index is 0.0973. The van der Waals surface area contributed by atoms with Crippen molar-refractivity contribution in [3.05, 3.63) is 35.4 Å². The van der Waals surface area contributed by atoms with E-state index in [1.165, 1.54) is 25.7 Å². The second-order valence-electron chi connectivity index (χ2n) is 7.79. The van der Waals surface area contributed by atoms with Crippen molar-refractivity contribution >= 4 is 11.9 Å². The number of nitrogens with one attached hydrogen (secondary N) is 2. The molecule has 0 unspecified atom stereocenters. The van der Waals surface area contributed by atoms with E-state index >= 15 is 0 Å². The van der Waals surface area contributed by atoms with Gasteiger partial charge in [0.15, 0.2) is 0 Å². The number of carbonyl (C=O) groups is 2. The summed E-state index contributed by atoms with van der Waals surface area (Å²) in [7, 11) is 0. The molecule has 5 nitrogen and oxygen atoms in total. The highest BCUT2D eigenvalue weighted by Gasteiger charge is 2.28. The predicted octanol–water partition coefficient (Wildman–Crippen LogP) is 3.19. The molecule has 0 radical (unpaired) electrons. The van der Waals surface area contributed by atoms with Crippen LogP contribution in [0.1, 0.15) is 56.6 Å². The summed E-state index contributed by atoms with van der Waals surface area (Å²) in [5.74, 6) is 0.248. The van der Waals surface area contributed by atoms with Crippen molar-refractivity contribution in [2.24, 2.45) is 5.41 Å². The van der Waals surface area contributed by atoms with Gasteiger partial charge in [0.1, 0.15) is 0 Å². The van der Waals surface area contributed by atoms with Crippen molar-refractivity contribution < 1.29 is 9.59 Å². The maximum Gasteiger partial charge on any atom is 0.315 e. The number of hydrogen-bond acceptors (Lipinski definition) is 2. The Morgan fingerprint density at radius 2 is 1.76 bits per heavy atom. The second kappa shape index (κ2) is 7.89. The Labute approximate surface area is 150 Å². The van der Waals surface area contributed by atoms with Gasteiger partial charge in [-0.05, 0) is 35.8 Å². The smallest absolute Gasteiger partial charge is 0.315 e. The third-order valence-electron chi connectivity index (χ3n) is 5.51. The van der Waals surface area contributed by atoms with Crippen LogP contribution in [0.2, 0.25) is 0 Å². The van der Waals surface area contributed by atoms with Crippen LogP contribution in [0.25, 0.3) is 0 Å². The van der Waals surface area contributed by atoms with Gasteiger partial charge in [-0.1, -0.05) is 44.0 Å². The Balaban J connectivity index is 1.40. The molecule has 2 N–H and O–H groups in total. The molecule has 1 heterocycles. The molecule has 0 aromatic heterocycles. The van der Waals surface area contributed by atoms with Crippen molar-refractivity contribution in [1.82, 2.24) is 15.5 Å². The summed E-state index contributed by atoms with van der Waals surface area (Å²) in [6.45, 7) is 5.07. The van der Waals surface area contributed by atoms with Gasteiger partial charge < -0.3 is 15.5 Å². The van der Waals surface area contributed by atoms with Gasteiger partial charge in [-0.25, -0.2) is 4.79 Å². The van der Waals surface area contributed by atoms with Gasteiger partial charge in [-0.2, -0.15) is 0 Å². The topological polar surface area (TPSA) is 61.4 Å². The predicted molar refractivity (Wildman–Crippen MR) is 97.9 cm³/mol. The zero-order valence-electron chi connectivity index (χ0n) is 15.1. The largest absolute Gasteiger partial charge is 0.338 e.